The van der Waals surface area contributed by atoms with Crippen LogP contribution >= 0.6 is 0 Å². The quantitative estimate of drug-likeness (QED) is 0.491. The molecule has 0 radical (unpaired) electrons. The van der Waals surface area contributed by atoms with Crippen molar-refractivity contribution in [3.8, 4) is 0 Å². The zero-order valence-corrected chi connectivity index (χ0v) is 21.1. The number of nitro benzene ring substituents is 1. The normalized spacial score (nSPS) is 19.4. The maximum absolute atomic E-state index is 13.3. The third kappa shape index (κ3) is 4.61. The largest absolute Gasteiger partial charge is 0.371 e. The number of hydrogen-bond donors (Lipinski definition) is 1. The number of nitrogens with zero attached hydrogens (tertiary/aromatic N) is 5. The fraction of sp³-hybridized carbons (Fsp3) is 0.542. The van der Waals surface area contributed by atoms with Crippen molar-refractivity contribution in [3.05, 3.63) is 45.6 Å². The van der Waals surface area contributed by atoms with Crippen LogP contribution in [-0.4, -0.2) is 49.4 Å². The molecule has 1 aromatic carbocycles. The van der Waals surface area contributed by atoms with Gasteiger partial charge >= 0.3 is 0 Å². The van der Waals surface area contributed by atoms with Crippen LogP contribution in [0.25, 0.3) is 0 Å². The molecule has 11 heteroatoms. The van der Waals surface area contributed by atoms with Crippen molar-refractivity contribution in [2.45, 2.75) is 57.6 Å². The molecular formula is C24H30N6O4S. The minimum atomic E-state index is -1.29. The predicted octanol–water partition coefficient (Wildman–Crippen LogP) is 3.84. The first kappa shape index (κ1) is 23.7. The number of non-ortho nitro benzene ring substituents is 1. The molecule has 35 heavy (non-hydrogen) atoms. The van der Waals surface area contributed by atoms with Gasteiger partial charge in [0, 0.05) is 43.5 Å². The third-order valence-corrected chi connectivity index (χ3v) is 8.97. The number of benzene rings is 1. The van der Waals surface area contributed by atoms with Gasteiger partial charge in [-0.05, 0) is 64.4 Å². The maximum atomic E-state index is 13.3. The molecular weight excluding hydrogens is 468 g/mol. The number of carbonyl (C=O) groups excluding carboxylic acids is 1. The van der Waals surface area contributed by atoms with Crippen LogP contribution in [0.2, 0.25) is 0 Å². The van der Waals surface area contributed by atoms with Gasteiger partial charge in [-0.2, -0.15) is 4.98 Å². The van der Waals surface area contributed by atoms with Crippen molar-refractivity contribution in [1.29, 1.82) is 0 Å². The monoisotopic (exact) mass is 498 g/mol. The zero-order chi connectivity index (χ0) is 25.0. The summed E-state index contributed by atoms with van der Waals surface area (Å²) in [5.74, 6) is 0.257. The van der Waals surface area contributed by atoms with Gasteiger partial charge in [0.25, 0.3) is 11.6 Å². The number of nitrogens with one attached hydrogen (secondary N) is 1. The average molecular weight is 499 g/mol. The number of rotatable bonds is 5. The van der Waals surface area contributed by atoms with E-state index in [0.717, 1.165) is 31.5 Å². The molecule has 1 N–H and O–H groups in total. The number of anilines is 3. The standard InChI is InChI=1S/C24H30N6O4S/c1-23(2,3)35(34)29-11-6-16-15-25-22(26-20(16)29)27-21(31)18-5-4-17(30(32)33)14-19(18)28-12-9-24(7-8-24)10-13-28/h4-5,14-15H,6-13H2,1-3H3,(H,25,26,27,31). The van der Waals surface area contributed by atoms with Gasteiger partial charge < -0.3 is 4.90 Å². The summed E-state index contributed by atoms with van der Waals surface area (Å²) in [7, 11) is -1.29. The highest BCUT2D eigenvalue weighted by molar-refractivity contribution is 7.87. The predicted molar refractivity (Wildman–Crippen MR) is 135 cm³/mol. The maximum Gasteiger partial charge on any atom is 0.271 e. The summed E-state index contributed by atoms with van der Waals surface area (Å²) in [6.45, 7) is 7.84. The van der Waals surface area contributed by atoms with Crippen LogP contribution in [0.5, 0.6) is 0 Å². The molecule has 186 valence electrons. The molecule has 1 saturated carbocycles. The second-order valence-corrected chi connectivity index (χ2v) is 12.8. The lowest BCUT2D eigenvalue weighted by Crippen LogP contribution is -2.37. The number of fused-ring (bicyclic) bond motifs is 1. The summed E-state index contributed by atoms with van der Waals surface area (Å²) in [5.41, 5.74) is 2.19. The first-order valence-corrected chi connectivity index (χ1v) is 13.1. The van der Waals surface area contributed by atoms with Crippen molar-refractivity contribution in [2.24, 2.45) is 5.41 Å². The van der Waals surface area contributed by atoms with Gasteiger partial charge in [-0.3, -0.25) is 24.5 Å². The molecule has 1 saturated heterocycles. The Hall–Kier alpha value is -3.08. The number of nitro groups is 1. The van der Waals surface area contributed by atoms with Crippen molar-refractivity contribution in [3.63, 3.8) is 0 Å². The molecule has 1 aromatic heterocycles. The second kappa shape index (κ2) is 8.54. The summed E-state index contributed by atoms with van der Waals surface area (Å²) < 4.78 is 14.3. The molecule has 1 amide bonds. The molecule has 3 aliphatic rings. The van der Waals surface area contributed by atoms with Crippen molar-refractivity contribution >= 4 is 40.0 Å². The smallest absolute Gasteiger partial charge is 0.271 e. The van der Waals surface area contributed by atoms with Gasteiger partial charge in [0.05, 0.1) is 20.9 Å². The zero-order valence-electron chi connectivity index (χ0n) is 20.2. The molecule has 2 aliphatic heterocycles. The fourth-order valence-corrected chi connectivity index (χ4v) is 6.06. The van der Waals surface area contributed by atoms with Gasteiger partial charge in [-0.15, -0.1) is 0 Å². The Morgan fingerprint density at radius 2 is 1.89 bits per heavy atom. The Bertz CT molecular complexity index is 1210. The van der Waals surface area contributed by atoms with Crippen molar-refractivity contribution in [1.82, 2.24) is 9.97 Å². The van der Waals surface area contributed by atoms with Crippen LogP contribution in [0.15, 0.2) is 24.4 Å². The Labute approximate surface area is 206 Å². The van der Waals surface area contributed by atoms with Crippen LogP contribution in [0, 0.1) is 15.5 Å². The van der Waals surface area contributed by atoms with E-state index >= 15 is 0 Å². The van der Waals surface area contributed by atoms with E-state index in [0.29, 0.717) is 35.4 Å². The SMILES string of the molecule is CC(C)(C)S(=O)N1CCc2cnc(NC(=O)c3ccc([N+](=O)[O-])cc3N3CCC4(CC3)CC4)nc21. The number of aromatic nitrogens is 2. The summed E-state index contributed by atoms with van der Waals surface area (Å²) in [6.07, 6.45) is 6.91. The van der Waals surface area contributed by atoms with Crippen LogP contribution in [-0.2, 0) is 17.4 Å². The lowest BCUT2D eigenvalue weighted by Gasteiger charge is -2.34. The Morgan fingerprint density at radius 3 is 2.51 bits per heavy atom. The van der Waals surface area contributed by atoms with E-state index in [-0.39, 0.29) is 11.6 Å². The molecule has 3 heterocycles. The molecule has 0 bridgehead atoms. The van der Waals surface area contributed by atoms with E-state index < -0.39 is 26.6 Å². The molecule has 1 aliphatic carbocycles. The molecule has 1 spiro atoms. The Balaban J connectivity index is 1.40. The van der Waals surface area contributed by atoms with E-state index in [1.807, 2.05) is 20.8 Å². The minimum Gasteiger partial charge on any atom is -0.371 e. The molecule has 5 rings (SSSR count). The molecule has 10 nitrogen and oxygen atoms in total. The second-order valence-electron chi connectivity index (χ2n) is 10.7. The van der Waals surface area contributed by atoms with E-state index in [4.69, 9.17) is 0 Å². The fourth-order valence-electron chi connectivity index (χ4n) is 4.83. The van der Waals surface area contributed by atoms with Crippen LogP contribution in [0.4, 0.5) is 23.1 Å². The van der Waals surface area contributed by atoms with Gasteiger partial charge in [0.1, 0.15) is 16.8 Å². The van der Waals surface area contributed by atoms with E-state index in [9.17, 15) is 19.1 Å². The van der Waals surface area contributed by atoms with Gasteiger partial charge in [0.2, 0.25) is 5.95 Å². The molecule has 2 aromatic rings. The highest BCUT2D eigenvalue weighted by Crippen LogP contribution is 2.54. The summed E-state index contributed by atoms with van der Waals surface area (Å²) in [6, 6.07) is 4.33. The minimum absolute atomic E-state index is 0.0441. The van der Waals surface area contributed by atoms with Gasteiger partial charge in [-0.1, -0.05) is 0 Å². The number of amides is 1. The van der Waals surface area contributed by atoms with Crippen molar-refractivity contribution in [2.75, 3.05) is 34.2 Å². The van der Waals surface area contributed by atoms with Crippen LogP contribution < -0.4 is 14.5 Å². The average Bonchev–Trinajstić information content (AvgIpc) is 3.44. The molecule has 1 unspecified atom stereocenters. The third-order valence-electron chi connectivity index (χ3n) is 7.17. The summed E-state index contributed by atoms with van der Waals surface area (Å²) in [5, 5.41) is 14.2. The van der Waals surface area contributed by atoms with E-state index in [1.54, 1.807) is 10.5 Å². The highest BCUT2D eigenvalue weighted by Gasteiger charge is 2.44. The Morgan fingerprint density at radius 1 is 1.17 bits per heavy atom. The number of piperidine rings is 1. The molecule has 1 atom stereocenters. The highest BCUT2D eigenvalue weighted by atomic mass is 32.2. The van der Waals surface area contributed by atoms with E-state index in [2.05, 4.69) is 20.2 Å². The lowest BCUT2D eigenvalue weighted by atomic mass is 9.93. The van der Waals surface area contributed by atoms with Gasteiger partial charge in [0.15, 0.2) is 0 Å². The summed E-state index contributed by atoms with van der Waals surface area (Å²) >= 11 is 0. The first-order chi connectivity index (χ1) is 16.6. The Kier molecular flexibility index (Phi) is 5.77. The number of carbonyl (C=O) groups is 1. The van der Waals surface area contributed by atoms with Crippen molar-refractivity contribution < 1.29 is 13.9 Å². The number of hydrogen-bond acceptors (Lipinski definition) is 7. The van der Waals surface area contributed by atoms with Gasteiger partial charge in [-0.25, -0.2) is 9.19 Å². The lowest BCUT2D eigenvalue weighted by molar-refractivity contribution is -0.384. The first-order valence-electron chi connectivity index (χ1n) is 12.0. The van der Waals surface area contributed by atoms with Crippen LogP contribution in [0.1, 0.15) is 62.4 Å². The summed E-state index contributed by atoms with van der Waals surface area (Å²) in [4.78, 5) is 35.2. The van der Waals surface area contributed by atoms with Crippen LogP contribution in [0.3, 0.4) is 0 Å². The molecule has 2 fully saturated rings. The van der Waals surface area contributed by atoms with E-state index in [1.165, 1.54) is 31.0 Å². The topological polar surface area (TPSA) is 122 Å².